The molecule has 0 saturated heterocycles. The van der Waals surface area contributed by atoms with E-state index in [0.29, 0.717) is 0 Å². The Morgan fingerprint density at radius 2 is 0.857 bits per heavy atom. The summed E-state index contributed by atoms with van der Waals surface area (Å²) in [5.41, 5.74) is 0. The summed E-state index contributed by atoms with van der Waals surface area (Å²) in [4.78, 5) is 0. The molecule has 0 aliphatic heterocycles. The van der Waals surface area contributed by atoms with E-state index in [1.807, 2.05) is 0 Å². The van der Waals surface area contributed by atoms with Crippen molar-refractivity contribution in [2.45, 2.75) is 0 Å². The minimum absolute atomic E-state index is 0. The van der Waals surface area contributed by atoms with Crippen molar-refractivity contribution in [2.75, 3.05) is 28.2 Å². The zero-order valence-corrected chi connectivity index (χ0v) is 11.2. The molecule has 0 aliphatic carbocycles. The van der Waals surface area contributed by atoms with Gasteiger partial charge in [0.1, 0.15) is 0 Å². The molecule has 0 aromatic heterocycles. The Labute approximate surface area is 65.6 Å². The first-order valence-electron chi connectivity index (χ1n) is 1.79. The molecule has 2 N–H and O–H groups in total. The topological polar surface area (TPSA) is 31.5 Å². The van der Waals surface area contributed by atoms with Gasteiger partial charge in [-0.1, -0.05) is 0 Å². The van der Waals surface area contributed by atoms with Crippen LogP contribution in [0.1, 0.15) is 0 Å². The summed E-state index contributed by atoms with van der Waals surface area (Å²) in [6.45, 7) is 0. The van der Waals surface area contributed by atoms with Crippen molar-refractivity contribution in [2.24, 2.45) is 0 Å². The van der Waals surface area contributed by atoms with Crippen molar-refractivity contribution in [1.82, 2.24) is 0 Å². The predicted octanol–water partition coefficient (Wildman–Crippen LogP) is -1.42. The molecule has 0 heterocycles. The molecule has 0 rings (SSSR count). The molecule has 0 unspecified atom stereocenters. The van der Waals surface area contributed by atoms with E-state index < -0.39 is 0 Å². The predicted molar refractivity (Wildman–Crippen MR) is 36.1 cm³/mol. The molecule has 3 heteroatoms. The molecule has 0 atom stereocenters. The second kappa shape index (κ2) is 4.99. The third kappa shape index (κ3) is 226. The molecule has 7 heavy (non-hydrogen) atoms. The Hall–Kier alpha value is 0.842. The molecule has 0 amide bonds. The molecule has 46 valence electrons. The molecule has 0 aromatic carbocycles. The van der Waals surface area contributed by atoms with Gasteiger partial charge in [-0.2, -0.15) is 0 Å². The normalized spacial score (nSPS) is 8.57. The van der Waals surface area contributed by atoms with Gasteiger partial charge in [0.15, 0.2) is 0 Å². The molecule has 0 saturated carbocycles. The van der Waals surface area contributed by atoms with Crippen LogP contribution in [0.15, 0.2) is 0 Å². The zero-order valence-electron chi connectivity index (χ0n) is 5.65. The van der Waals surface area contributed by atoms with Crippen LogP contribution >= 0.6 is 0 Å². The summed E-state index contributed by atoms with van der Waals surface area (Å²) in [6, 6.07) is 0. The van der Waals surface area contributed by atoms with Gasteiger partial charge >= 0.3 is 27.3 Å². The quantitative estimate of drug-likeness (QED) is 0.389. The summed E-state index contributed by atoms with van der Waals surface area (Å²) in [5, 5.41) is 0. The Morgan fingerprint density at radius 1 is 0.857 bits per heavy atom. The maximum absolute atomic E-state index is 2.12. The van der Waals surface area contributed by atoms with E-state index in [2.05, 4.69) is 28.2 Å². The van der Waals surface area contributed by atoms with E-state index >= 15 is 0 Å². The summed E-state index contributed by atoms with van der Waals surface area (Å²) >= 11 is 0. The van der Waals surface area contributed by atoms with Crippen molar-refractivity contribution in [3.63, 3.8) is 0 Å². The van der Waals surface area contributed by atoms with Gasteiger partial charge in [0.25, 0.3) is 0 Å². The van der Waals surface area contributed by atoms with Crippen LogP contribution in [0, 0.1) is 0 Å². The van der Waals surface area contributed by atoms with Gasteiger partial charge in [0.2, 0.25) is 0 Å². The molecular formula is C4H16NOPb+. The first-order valence-corrected chi connectivity index (χ1v) is 1.79. The van der Waals surface area contributed by atoms with Gasteiger partial charge in [0, 0.05) is 0 Å². The van der Waals surface area contributed by atoms with E-state index in [1.54, 1.807) is 0 Å². The van der Waals surface area contributed by atoms with Crippen LogP contribution in [0.5, 0.6) is 0 Å². The average Bonchev–Trinajstić information content (AvgIpc) is 0.722. The van der Waals surface area contributed by atoms with Crippen LogP contribution in [0.25, 0.3) is 0 Å². The molecule has 0 fully saturated rings. The van der Waals surface area contributed by atoms with Gasteiger partial charge in [-0.25, -0.2) is 0 Å². The van der Waals surface area contributed by atoms with Gasteiger partial charge in [0.05, 0.1) is 28.2 Å². The Bertz CT molecular complexity index is 27.2. The fourth-order valence-electron chi connectivity index (χ4n) is 0. The van der Waals surface area contributed by atoms with E-state index in [4.69, 9.17) is 0 Å². The summed E-state index contributed by atoms with van der Waals surface area (Å²) in [6.07, 6.45) is 0. The Balaban J connectivity index is -0.0000000800. The molecule has 0 aliphatic rings. The first kappa shape index (κ1) is 15.7. The fraction of sp³-hybridized carbons (Fsp3) is 1.00. The van der Waals surface area contributed by atoms with E-state index in [-0.39, 0.29) is 32.8 Å². The third-order valence-corrected chi connectivity index (χ3v) is 0. The van der Waals surface area contributed by atoms with Crippen molar-refractivity contribution in [3.8, 4) is 0 Å². The second-order valence-electron chi connectivity index (χ2n) is 2.68. The number of hydrogen-bond acceptors (Lipinski definition) is 0. The Kier molecular flexibility index (Phi) is 11.2. The summed E-state index contributed by atoms with van der Waals surface area (Å²) < 4.78 is 1.00. The number of rotatable bonds is 0. The van der Waals surface area contributed by atoms with E-state index in [0.717, 1.165) is 4.48 Å². The maximum atomic E-state index is 2.12. The zero-order chi connectivity index (χ0) is 4.50. The van der Waals surface area contributed by atoms with Crippen molar-refractivity contribution >= 4 is 27.3 Å². The molecule has 0 spiro atoms. The van der Waals surface area contributed by atoms with E-state index in [1.165, 1.54) is 0 Å². The SMILES string of the molecule is C[N+](C)(C)C.O.[PbH2]. The van der Waals surface area contributed by atoms with Crippen LogP contribution in [0.3, 0.4) is 0 Å². The standard InChI is InChI=1S/C4H12N.H2O.Pb.2H/c1-5(2,3)4;;;;/h1-4H3;1H2;;;/q+1;;;;. The molecule has 0 bridgehead atoms. The number of quaternary nitrogens is 1. The number of nitrogens with zero attached hydrogens (tertiary/aromatic N) is 1. The van der Waals surface area contributed by atoms with Crippen LogP contribution < -0.4 is 0 Å². The molecule has 2 nitrogen and oxygen atoms in total. The first-order chi connectivity index (χ1) is 2.00. The van der Waals surface area contributed by atoms with E-state index in [9.17, 15) is 0 Å². The molecule has 0 aromatic rings. The molecule has 2 radical (unpaired) electrons. The Morgan fingerprint density at radius 3 is 0.857 bits per heavy atom. The van der Waals surface area contributed by atoms with Crippen LogP contribution in [0.2, 0.25) is 0 Å². The van der Waals surface area contributed by atoms with Gasteiger partial charge in [-0.15, -0.1) is 0 Å². The fourth-order valence-corrected chi connectivity index (χ4v) is 0. The van der Waals surface area contributed by atoms with Crippen LogP contribution in [0.4, 0.5) is 0 Å². The third-order valence-electron chi connectivity index (χ3n) is 0. The van der Waals surface area contributed by atoms with Gasteiger partial charge in [-0.3, -0.25) is 0 Å². The second-order valence-corrected chi connectivity index (χ2v) is 2.68. The number of hydrogen-bond donors (Lipinski definition) is 0. The minimum atomic E-state index is 0. The van der Waals surface area contributed by atoms with Gasteiger partial charge in [-0.05, 0) is 0 Å². The van der Waals surface area contributed by atoms with Crippen molar-refractivity contribution in [3.05, 3.63) is 0 Å². The summed E-state index contributed by atoms with van der Waals surface area (Å²) in [7, 11) is 8.50. The molecular weight excluding hydrogens is 285 g/mol. The van der Waals surface area contributed by atoms with Crippen LogP contribution in [-0.4, -0.2) is 65.4 Å². The average molecular weight is 301 g/mol. The summed E-state index contributed by atoms with van der Waals surface area (Å²) in [5.74, 6) is 0. The van der Waals surface area contributed by atoms with Gasteiger partial charge < -0.3 is 9.96 Å². The van der Waals surface area contributed by atoms with Crippen molar-refractivity contribution < 1.29 is 9.96 Å². The monoisotopic (exact) mass is 302 g/mol. The van der Waals surface area contributed by atoms with Crippen LogP contribution in [-0.2, 0) is 0 Å². The van der Waals surface area contributed by atoms with Crippen molar-refractivity contribution in [1.29, 1.82) is 0 Å².